The van der Waals surface area contributed by atoms with Crippen molar-refractivity contribution >= 4 is 16.9 Å². The minimum absolute atomic E-state index is 0.148. The number of nitrogens with one attached hydrogen (secondary N) is 2. The molecule has 0 unspecified atom stereocenters. The summed E-state index contributed by atoms with van der Waals surface area (Å²) in [6, 6.07) is 1.82. The van der Waals surface area contributed by atoms with E-state index >= 15 is 0 Å². The van der Waals surface area contributed by atoms with Crippen LogP contribution < -0.4 is 11.0 Å². The Bertz CT molecular complexity index is 496. The summed E-state index contributed by atoms with van der Waals surface area (Å²) in [6.45, 7) is 0. The minimum atomic E-state index is -0.148. The second-order valence-corrected chi connectivity index (χ2v) is 2.80. The lowest BCUT2D eigenvalue weighted by atomic mass is 10.3. The van der Waals surface area contributed by atoms with E-state index in [0.717, 1.165) is 11.2 Å². The van der Waals surface area contributed by atoms with E-state index in [2.05, 4.69) is 15.3 Å². The summed E-state index contributed by atoms with van der Waals surface area (Å²) < 4.78 is 1.48. The first-order valence-electron chi connectivity index (χ1n) is 3.95. The number of nitrogens with zero attached hydrogens (tertiary/aromatic N) is 2. The van der Waals surface area contributed by atoms with E-state index in [4.69, 9.17) is 0 Å². The molecule has 0 radical (unpaired) electrons. The van der Waals surface area contributed by atoms with E-state index in [9.17, 15) is 4.79 Å². The van der Waals surface area contributed by atoms with Crippen molar-refractivity contribution in [3.63, 3.8) is 0 Å². The molecule has 2 aromatic heterocycles. The fraction of sp³-hybridized carbons (Fsp3) is 0.250. The number of aromatic nitrogens is 3. The highest BCUT2D eigenvalue weighted by Crippen LogP contribution is 2.16. The largest absolute Gasteiger partial charge is 0.386 e. The summed E-state index contributed by atoms with van der Waals surface area (Å²) in [5.74, 6) is 0. The van der Waals surface area contributed by atoms with E-state index in [1.54, 1.807) is 20.3 Å². The Labute approximate surface area is 74.4 Å². The lowest BCUT2D eigenvalue weighted by Crippen LogP contribution is -2.12. The second-order valence-electron chi connectivity index (χ2n) is 2.80. The maximum Gasteiger partial charge on any atom is 0.327 e. The van der Waals surface area contributed by atoms with Crippen molar-refractivity contribution in [1.82, 2.24) is 14.5 Å². The average molecular weight is 178 g/mol. The topological polar surface area (TPSA) is 62.7 Å². The molecule has 2 rings (SSSR count). The van der Waals surface area contributed by atoms with Crippen molar-refractivity contribution in [3.8, 4) is 0 Å². The molecule has 5 heteroatoms. The molecule has 2 heterocycles. The quantitative estimate of drug-likeness (QED) is 0.660. The molecule has 0 aliphatic carbocycles. The highest BCUT2D eigenvalue weighted by molar-refractivity contribution is 5.84. The van der Waals surface area contributed by atoms with Crippen molar-refractivity contribution in [2.45, 2.75) is 0 Å². The number of hydrogen-bond donors (Lipinski definition) is 2. The molecule has 0 saturated carbocycles. The maximum absolute atomic E-state index is 11.2. The van der Waals surface area contributed by atoms with Crippen LogP contribution >= 0.6 is 0 Å². The van der Waals surface area contributed by atoms with Crippen molar-refractivity contribution in [1.29, 1.82) is 0 Å². The van der Waals surface area contributed by atoms with Gasteiger partial charge in [0, 0.05) is 20.3 Å². The van der Waals surface area contributed by atoms with Crippen LogP contribution in [-0.4, -0.2) is 21.6 Å². The Morgan fingerprint density at radius 1 is 1.62 bits per heavy atom. The van der Waals surface area contributed by atoms with Crippen LogP contribution in [0.25, 0.3) is 11.2 Å². The van der Waals surface area contributed by atoms with Crippen LogP contribution in [0, 0.1) is 0 Å². The van der Waals surface area contributed by atoms with E-state index < -0.39 is 0 Å². The predicted octanol–water partition coefficient (Wildman–Crippen LogP) is 0.303. The van der Waals surface area contributed by atoms with Crippen molar-refractivity contribution in [2.75, 3.05) is 12.4 Å². The summed E-state index contributed by atoms with van der Waals surface area (Å²) in [4.78, 5) is 18.1. The molecule has 0 aromatic carbocycles. The Balaban J connectivity index is 2.92. The third kappa shape index (κ3) is 1.00. The molecular formula is C8H10N4O. The Kier molecular flexibility index (Phi) is 1.58. The van der Waals surface area contributed by atoms with Gasteiger partial charge >= 0.3 is 5.69 Å². The fourth-order valence-corrected chi connectivity index (χ4v) is 1.32. The number of fused-ring (bicyclic) bond motifs is 1. The highest BCUT2D eigenvalue weighted by Gasteiger charge is 2.06. The highest BCUT2D eigenvalue weighted by atomic mass is 16.1. The van der Waals surface area contributed by atoms with Gasteiger partial charge in [0.15, 0.2) is 5.65 Å². The number of imidazole rings is 1. The number of aryl methyl sites for hydroxylation is 1. The van der Waals surface area contributed by atoms with Crippen LogP contribution in [0.1, 0.15) is 0 Å². The van der Waals surface area contributed by atoms with Gasteiger partial charge in [-0.15, -0.1) is 0 Å². The molecule has 0 spiro atoms. The van der Waals surface area contributed by atoms with Gasteiger partial charge in [-0.05, 0) is 6.07 Å². The maximum atomic E-state index is 11.2. The number of anilines is 1. The first kappa shape index (κ1) is 7.85. The van der Waals surface area contributed by atoms with Crippen LogP contribution in [0.3, 0.4) is 0 Å². The zero-order valence-corrected chi connectivity index (χ0v) is 7.46. The molecule has 68 valence electrons. The lowest BCUT2D eigenvalue weighted by Gasteiger charge is -1.99. The van der Waals surface area contributed by atoms with Crippen LogP contribution in [0.4, 0.5) is 5.69 Å². The summed E-state index contributed by atoms with van der Waals surface area (Å²) in [6.07, 6.45) is 1.67. The van der Waals surface area contributed by atoms with Crippen molar-refractivity contribution < 1.29 is 0 Å². The van der Waals surface area contributed by atoms with E-state index in [0.29, 0.717) is 5.65 Å². The third-order valence-electron chi connectivity index (χ3n) is 2.05. The first-order chi connectivity index (χ1) is 6.24. The van der Waals surface area contributed by atoms with Crippen molar-refractivity contribution in [3.05, 3.63) is 22.7 Å². The van der Waals surface area contributed by atoms with E-state index in [-0.39, 0.29) is 5.69 Å². The van der Waals surface area contributed by atoms with E-state index in [1.165, 1.54) is 4.57 Å². The number of hydrogen-bond acceptors (Lipinski definition) is 3. The fourth-order valence-electron chi connectivity index (χ4n) is 1.32. The van der Waals surface area contributed by atoms with Gasteiger partial charge in [-0.2, -0.15) is 0 Å². The summed E-state index contributed by atoms with van der Waals surface area (Å²) >= 11 is 0. The Morgan fingerprint density at radius 3 is 3.08 bits per heavy atom. The van der Waals surface area contributed by atoms with Gasteiger partial charge in [-0.25, -0.2) is 9.78 Å². The SMILES string of the molecule is CNc1ccnc2c1[nH]c(=O)n2C. The number of rotatable bonds is 1. The van der Waals surface area contributed by atoms with Gasteiger partial charge in [0.1, 0.15) is 5.52 Å². The summed E-state index contributed by atoms with van der Waals surface area (Å²) in [7, 11) is 3.49. The van der Waals surface area contributed by atoms with Crippen LogP contribution in [0.5, 0.6) is 0 Å². The second kappa shape index (κ2) is 2.62. The van der Waals surface area contributed by atoms with Crippen LogP contribution in [0.2, 0.25) is 0 Å². The zero-order chi connectivity index (χ0) is 9.42. The van der Waals surface area contributed by atoms with Gasteiger partial charge in [0.2, 0.25) is 0 Å². The molecule has 2 aromatic rings. The molecule has 0 amide bonds. The van der Waals surface area contributed by atoms with Crippen LogP contribution in [0.15, 0.2) is 17.1 Å². The summed E-state index contributed by atoms with van der Waals surface area (Å²) in [5.41, 5.74) is 2.14. The molecule has 0 aliphatic heterocycles. The smallest absolute Gasteiger partial charge is 0.327 e. The zero-order valence-electron chi connectivity index (χ0n) is 7.46. The number of aromatic amines is 1. The Morgan fingerprint density at radius 2 is 2.38 bits per heavy atom. The number of pyridine rings is 1. The minimum Gasteiger partial charge on any atom is -0.386 e. The van der Waals surface area contributed by atoms with Gasteiger partial charge in [-0.1, -0.05) is 0 Å². The van der Waals surface area contributed by atoms with Gasteiger partial charge in [0.05, 0.1) is 5.69 Å². The van der Waals surface area contributed by atoms with Crippen LogP contribution in [-0.2, 0) is 7.05 Å². The Hall–Kier alpha value is -1.78. The van der Waals surface area contributed by atoms with E-state index in [1.807, 2.05) is 6.07 Å². The first-order valence-corrected chi connectivity index (χ1v) is 3.95. The van der Waals surface area contributed by atoms with Gasteiger partial charge in [-0.3, -0.25) is 4.57 Å². The normalized spacial score (nSPS) is 10.6. The predicted molar refractivity (Wildman–Crippen MR) is 50.9 cm³/mol. The summed E-state index contributed by atoms with van der Waals surface area (Å²) in [5, 5.41) is 2.99. The molecule has 0 bridgehead atoms. The monoisotopic (exact) mass is 178 g/mol. The lowest BCUT2D eigenvalue weighted by molar-refractivity contribution is 0.879. The molecular weight excluding hydrogens is 168 g/mol. The molecule has 0 fully saturated rings. The molecule has 0 aliphatic rings. The van der Waals surface area contributed by atoms with Crippen molar-refractivity contribution in [2.24, 2.45) is 7.05 Å². The molecule has 2 N–H and O–H groups in total. The van der Waals surface area contributed by atoms with Gasteiger partial charge in [0.25, 0.3) is 0 Å². The molecule has 13 heavy (non-hydrogen) atoms. The average Bonchev–Trinajstić information content (AvgIpc) is 2.43. The molecule has 5 nitrogen and oxygen atoms in total. The number of H-pyrrole nitrogens is 1. The molecule has 0 saturated heterocycles. The van der Waals surface area contributed by atoms with Gasteiger partial charge < -0.3 is 10.3 Å². The molecule has 0 atom stereocenters. The third-order valence-corrected chi connectivity index (χ3v) is 2.05. The standard InChI is InChI=1S/C8H10N4O/c1-9-5-3-4-10-7-6(5)11-8(13)12(7)2/h3-4H,1-2H3,(H,9,10)(H,11,13).